The summed E-state index contributed by atoms with van der Waals surface area (Å²) >= 11 is 1.32. The fourth-order valence-electron chi connectivity index (χ4n) is 2.74. The third kappa shape index (κ3) is 2.88. The molecule has 1 N–H and O–H groups in total. The van der Waals surface area contributed by atoms with Crippen molar-refractivity contribution < 1.29 is 9.90 Å². The van der Waals surface area contributed by atoms with Gasteiger partial charge in [0.2, 0.25) is 0 Å². The highest BCUT2D eigenvalue weighted by molar-refractivity contribution is 7.99. The zero-order valence-corrected chi connectivity index (χ0v) is 11.7. The minimum atomic E-state index is -0.788. The smallest absolute Gasteiger partial charge is 0.313 e. The SMILES string of the molecule is Cc1cnc(SCC(=O)O)n1C1CCCCC1C. The number of hydrogen-bond acceptors (Lipinski definition) is 3. The molecular weight excluding hydrogens is 248 g/mol. The number of rotatable bonds is 4. The monoisotopic (exact) mass is 268 g/mol. The van der Waals surface area contributed by atoms with Crippen LogP contribution in [0.2, 0.25) is 0 Å². The molecule has 2 unspecified atom stereocenters. The molecule has 2 rings (SSSR count). The van der Waals surface area contributed by atoms with Gasteiger partial charge in [0.25, 0.3) is 0 Å². The summed E-state index contributed by atoms with van der Waals surface area (Å²) in [5.74, 6) is -0.0582. The number of aliphatic carboxylic acids is 1. The van der Waals surface area contributed by atoms with E-state index in [4.69, 9.17) is 5.11 Å². The molecule has 1 heterocycles. The number of carbonyl (C=O) groups is 1. The van der Waals surface area contributed by atoms with E-state index in [1.54, 1.807) is 0 Å². The van der Waals surface area contributed by atoms with Gasteiger partial charge in [0, 0.05) is 17.9 Å². The van der Waals surface area contributed by atoms with Crippen LogP contribution in [0.3, 0.4) is 0 Å². The summed E-state index contributed by atoms with van der Waals surface area (Å²) in [6, 6.07) is 0.484. The molecule has 100 valence electrons. The first-order valence-electron chi connectivity index (χ1n) is 6.48. The molecule has 1 aliphatic rings. The highest BCUT2D eigenvalue weighted by Crippen LogP contribution is 2.37. The number of aryl methyl sites for hydroxylation is 1. The Morgan fingerprint density at radius 1 is 1.56 bits per heavy atom. The molecule has 1 aromatic heterocycles. The van der Waals surface area contributed by atoms with Gasteiger partial charge in [-0.15, -0.1) is 0 Å². The van der Waals surface area contributed by atoms with Crippen LogP contribution in [0.4, 0.5) is 0 Å². The third-order valence-corrected chi connectivity index (χ3v) is 4.62. The second kappa shape index (κ2) is 5.78. The quantitative estimate of drug-likeness (QED) is 0.852. The zero-order valence-electron chi connectivity index (χ0n) is 10.9. The lowest BCUT2D eigenvalue weighted by atomic mass is 9.85. The van der Waals surface area contributed by atoms with Gasteiger partial charge in [-0.1, -0.05) is 31.5 Å². The minimum Gasteiger partial charge on any atom is -0.481 e. The first-order valence-corrected chi connectivity index (χ1v) is 7.46. The summed E-state index contributed by atoms with van der Waals surface area (Å²) in [6.45, 7) is 4.34. The number of nitrogens with zero attached hydrogens (tertiary/aromatic N) is 2. The summed E-state index contributed by atoms with van der Waals surface area (Å²) in [7, 11) is 0. The first-order chi connectivity index (χ1) is 8.59. The molecule has 5 heteroatoms. The molecule has 0 saturated heterocycles. The van der Waals surface area contributed by atoms with E-state index in [1.165, 1.54) is 37.4 Å². The molecule has 0 spiro atoms. The molecule has 1 aliphatic carbocycles. The van der Waals surface area contributed by atoms with Crippen molar-refractivity contribution in [1.29, 1.82) is 0 Å². The van der Waals surface area contributed by atoms with E-state index >= 15 is 0 Å². The van der Waals surface area contributed by atoms with Crippen molar-refractivity contribution in [1.82, 2.24) is 9.55 Å². The number of imidazole rings is 1. The maximum Gasteiger partial charge on any atom is 0.313 e. The summed E-state index contributed by atoms with van der Waals surface area (Å²) in [4.78, 5) is 15.0. The molecule has 0 aromatic carbocycles. The van der Waals surface area contributed by atoms with Gasteiger partial charge >= 0.3 is 5.97 Å². The van der Waals surface area contributed by atoms with Crippen molar-refractivity contribution in [3.05, 3.63) is 11.9 Å². The van der Waals surface area contributed by atoms with Gasteiger partial charge in [0.15, 0.2) is 5.16 Å². The Kier molecular flexibility index (Phi) is 4.32. The standard InChI is InChI=1S/C13H20N2O2S/c1-9-5-3-4-6-11(9)15-10(2)7-14-13(15)18-8-12(16)17/h7,9,11H,3-6,8H2,1-2H3,(H,16,17). The van der Waals surface area contributed by atoms with Crippen LogP contribution >= 0.6 is 11.8 Å². The van der Waals surface area contributed by atoms with Crippen molar-refractivity contribution >= 4 is 17.7 Å². The van der Waals surface area contributed by atoms with E-state index in [-0.39, 0.29) is 5.75 Å². The number of carboxylic acids is 1. The molecule has 4 nitrogen and oxygen atoms in total. The van der Waals surface area contributed by atoms with E-state index in [0.29, 0.717) is 12.0 Å². The summed E-state index contributed by atoms with van der Waals surface area (Å²) < 4.78 is 2.25. The van der Waals surface area contributed by atoms with E-state index < -0.39 is 5.97 Å². The molecule has 1 fully saturated rings. The van der Waals surface area contributed by atoms with Crippen LogP contribution < -0.4 is 0 Å². The highest BCUT2D eigenvalue weighted by Gasteiger charge is 2.26. The van der Waals surface area contributed by atoms with Crippen molar-refractivity contribution in [2.75, 3.05) is 5.75 Å². The first kappa shape index (κ1) is 13.5. The number of thioether (sulfide) groups is 1. The zero-order chi connectivity index (χ0) is 13.1. The second-order valence-electron chi connectivity index (χ2n) is 5.06. The van der Waals surface area contributed by atoms with Gasteiger partial charge < -0.3 is 9.67 Å². The van der Waals surface area contributed by atoms with Crippen molar-refractivity contribution in [2.24, 2.45) is 5.92 Å². The van der Waals surface area contributed by atoms with Crippen molar-refractivity contribution in [3.63, 3.8) is 0 Å². The Morgan fingerprint density at radius 2 is 2.28 bits per heavy atom. The summed E-state index contributed by atoms with van der Waals surface area (Å²) in [5.41, 5.74) is 1.14. The summed E-state index contributed by atoms with van der Waals surface area (Å²) in [5, 5.41) is 9.63. The second-order valence-corrected chi connectivity index (χ2v) is 6.01. The number of hydrogen-bond donors (Lipinski definition) is 1. The number of aromatic nitrogens is 2. The Hall–Kier alpha value is -0.970. The van der Waals surface area contributed by atoms with Gasteiger partial charge in [-0.25, -0.2) is 4.98 Å². The Bertz CT molecular complexity index is 431. The average molecular weight is 268 g/mol. The number of carboxylic acid groups (broad SMARTS) is 1. The van der Waals surface area contributed by atoms with Gasteiger partial charge in [-0.3, -0.25) is 4.79 Å². The van der Waals surface area contributed by atoms with Gasteiger partial charge in [-0.05, 0) is 25.7 Å². The van der Waals surface area contributed by atoms with E-state index in [9.17, 15) is 4.79 Å². The molecule has 2 atom stereocenters. The van der Waals surface area contributed by atoms with Crippen LogP contribution in [0, 0.1) is 12.8 Å². The van der Waals surface area contributed by atoms with Crippen LogP contribution in [0.1, 0.15) is 44.3 Å². The lowest BCUT2D eigenvalue weighted by Gasteiger charge is -2.31. The highest BCUT2D eigenvalue weighted by atomic mass is 32.2. The van der Waals surface area contributed by atoms with E-state index in [2.05, 4.69) is 23.4 Å². The summed E-state index contributed by atoms with van der Waals surface area (Å²) in [6.07, 6.45) is 6.86. The maximum absolute atomic E-state index is 10.7. The predicted octanol–water partition coefficient (Wildman–Crippen LogP) is 3.12. The fraction of sp³-hybridized carbons (Fsp3) is 0.692. The van der Waals surface area contributed by atoms with Crippen LogP contribution in [0.15, 0.2) is 11.4 Å². The predicted molar refractivity (Wildman–Crippen MR) is 72.0 cm³/mol. The van der Waals surface area contributed by atoms with Crippen molar-refractivity contribution in [3.8, 4) is 0 Å². The third-order valence-electron chi connectivity index (χ3n) is 3.67. The molecule has 0 amide bonds. The minimum absolute atomic E-state index is 0.0809. The Labute approximate surface area is 112 Å². The van der Waals surface area contributed by atoms with Crippen LogP contribution in [-0.2, 0) is 4.79 Å². The maximum atomic E-state index is 10.7. The van der Waals surface area contributed by atoms with Crippen LogP contribution in [0.5, 0.6) is 0 Å². The Balaban J connectivity index is 2.19. The van der Waals surface area contributed by atoms with E-state index in [0.717, 1.165) is 10.9 Å². The molecule has 0 bridgehead atoms. The fourth-order valence-corrected chi connectivity index (χ4v) is 3.54. The van der Waals surface area contributed by atoms with E-state index in [1.807, 2.05) is 6.20 Å². The van der Waals surface area contributed by atoms with Gasteiger partial charge in [0.05, 0.1) is 5.75 Å². The molecule has 0 radical (unpaired) electrons. The van der Waals surface area contributed by atoms with Crippen LogP contribution in [-0.4, -0.2) is 26.4 Å². The molecule has 1 aromatic rings. The molecule has 0 aliphatic heterocycles. The molecular formula is C13H20N2O2S. The van der Waals surface area contributed by atoms with Crippen molar-refractivity contribution in [2.45, 2.75) is 50.7 Å². The normalized spacial score (nSPS) is 24.1. The lowest BCUT2D eigenvalue weighted by molar-refractivity contribution is -0.133. The average Bonchev–Trinajstić information content (AvgIpc) is 2.69. The topological polar surface area (TPSA) is 55.1 Å². The molecule has 18 heavy (non-hydrogen) atoms. The molecule has 1 saturated carbocycles. The van der Waals surface area contributed by atoms with Gasteiger partial charge in [-0.2, -0.15) is 0 Å². The largest absolute Gasteiger partial charge is 0.481 e. The van der Waals surface area contributed by atoms with Gasteiger partial charge in [0.1, 0.15) is 0 Å². The Morgan fingerprint density at radius 3 is 2.94 bits per heavy atom. The van der Waals surface area contributed by atoms with Crippen LogP contribution in [0.25, 0.3) is 0 Å². The lowest BCUT2D eigenvalue weighted by Crippen LogP contribution is -2.22.